The van der Waals surface area contributed by atoms with Crippen molar-refractivity contribution in [1.29, 1.82) is 0 Å². The van der Waals surface area contributed by atoms with E-state index in [4.69, 9.17) is 9.47 Å². The van der Waals surface area contributed by atoms with Crippen LogP contribution in [0.4, 0.5) is 0 Å². The number of carbonyl (C=O) groups excluding carboxylic acids is 2. The molecule has 2 unspecified atom stereocenters. The molecule has 0 aliphatic heterocycles. The number of esters is 2. The van der Waals surface area contributed by atoms with Crippen LogP contribution in [0.5, 0.6) is 0 Å². The van der Waals surface area contributed by atoms with Crippen LogP contribution in [0.25, 0.3) is 0 Å². The second kappa shape index (κ2) is 7.74. The standard InChI is InChI=1S/C25H38O4/c1-5-22(26)28-17-11-13-24(3)16(15-17)7-8-18-19-9-10-21(29-23(27)6-2)25(19,4)14-12-20(18)24/h7,17-21H,5-6,8-15H2,1-4H3/t17?,18-,19-,20-,21?,24-,25-/m0/s1. The Bertz CT molecular complexity index is 697. The predicted molar refractivity (Wildman–Crippen MR) is 112 cm³/mol. The number of hydrogen-bond donors (Lipinski definition) is 0. The Morgan fingerprint density at radius 3 is 2.41 bits per heavy atom. The van der Waals surface area contributed by atoms with Crippen LogP contribution in [0.2, 0.25) is 0 Å². The van der Waals surface area contributed by atoms with E-state index in [1.807, 2.05) is 13.8 Å². The van der Waals surface area contributed by atoms with Gasteiger partial charge in [-0.25, -0.2) is 0 Å². The summed E-state index contributed by atoms with van der Waals surface area (Å²) in [5.74, 6) is 1.95. The summed E-state index contributed by atoms with van der Waals surface area (Å²) in [6.07, 6.45) is 12.4. The molecule has 3 saturated carbocycles. The van der Waals surface area contributed by atoms with Crippen molar-refractivity contribution in [2.45, 2.75) is 104 Å². The van der Waals surface area contributed by atoms with E-state index < -0.39 is 0 Å². The molecule has 3 fully saturated rings. The lowest BCUT2D eigenvalue weighted by atomic mass is 9.48. The summed E-state index contributed by atoms with van der Waals surface area (Å²) in [6.45, 7) is 8.61. The lowest BCUT2D eigenvalue weighted by Gasteiger charge is -2.57. The van der Waals surface area contributed by atoms with Gasteiger partial charge in [0.2, 0.25) is 0 Å². The molecule has 4 aliphatic carbocycles. The van der Waals surface area contributed by atoms with Gasteiger partial charge >= 0.3 is 11.9 Å². The second-order valence-electron chi connectivity index (χ2n) is 10.4. The lowest BCUT2D eigenvalue weighted by Crippen LogP contribution is -2.51. The molecule has 0 aromatic carbocycles. The summed E-state index contributed by atoms with van der Waals surface area (Å²) in [5, 5.41) is 0. The van der Waals surface area contributed by atoms with Crippen LogP contribution in [0, 0.1) is 28.6 Å². The van der Waals surface area contributed by atoms with Crippen molar-refractivity contribution >= 4 is 11.9 Å². The Morgan fingerprint density at radius 2 is 1.69 bits per heavy atom. The molecule has 0 bridgehead atoms. The highest BCUT2D eigenvalue weighted by Gasteiger charge is 2.59. The van der Waals surface area contributed by atoms with Crippen LogP contribution in [-0.2, 0) is 19.1 Å². The molecular weight excluding hydrogens is 364 g/mol. The van der Waals surface area contributed by atoms with Gasteiger partial charge in [0.1, 0.15) is 12.2 Å². The van der Waals surface area contributed by atoms with Crippen molar-refractivity contribution in [3.63, 3.8) is 0 Å². The summed E-state index contributed by atoms with van der Waals surface area (Å²) >= 11 is 0. The molecule has 7 atom stereocenters. The van der Waals surface area contributed by atoms with Crippen LogP contribution >= 0.6 is 0 Å². The molecule has 4 rings (SSSR count). The summed E-state index contributed by atoms with van der Waals surface area (Å²) in [6, 6.07) is 0. The van der Waals surface area contributed by atoms with Gasteiger partial charge in [0, 0.05) is 24.7 Å². The molecule has 4 aliphatic rings. The number of rotatable bonds is 4. The zero-order valence-electron chi connectivity index (χ0n) is 18.7. The second-order valence-corrected chi connectivity index (χ2v) is 10.4. The van der Waals surface area contributed by atoms with E-state index >= 15 is 0 Å². The Kier molecular flexibility index (Phi) is 5.59. The highest BCUT2D eigenvalue weighted by atomic mass is 16.5. The maximum absolute atomic E-state index is 12.0. The van der Waals surface area contributed by atoms with Gasteiger partial charge in [-0.2, -0.15) is 0 Å². The van der Waals surface area contributed by atoms with Crippen LogP contribution in [0.15, 0.2) is 11.6 Å². The molecule has 0 heterocycles. The molecular formula is C25H38O4. The molecule has 0 N–H and O–H groups in total. The first-order valence-corrected chi connectivity index (χ1v) is 11.9. The molecule has 0 radical (unpaired) electrons. The highest BCUT2D eigenvalue weighted by molar-refractivity contribution is 5.69. The smallest absolute Gasteiger partial charge is 0.305 e. The molecule has 4 heteroatoms. The minimum absolute atomic E-state index is 0.0447. The van der Waals surface area contributed by atoms with Gasteiger partial charge < -0.3 is 9.47 Å². The molecule has 162 valence electrons. The summed E-state index contributed by atoms with van der Waals surface area (Å²) < 4.78 is 11.6. The zero-order chi connectivity index (χ0) is 20.8. The van der Waals surface area contributed by atoms with E-state index in [1.54, 1.807) is 0 Å². The monoisotopic (exact) mass is 402 g/mol. The van der Waals surface area contributed by atoms with Gasteiger partial charge in [0.05, 0.1) is 0 Å². The third-order valence-electron chi connectivity index (χ3n) is 9.12. The van der Waals surface area contributed by atoms with Gasteiger partial charge in [0.25, 0.3) is 0 Å². The van der Waals surface area contributed by atoms with E-state index in [-0.39, 0.29) is 35.0 Å². The first kappa shape index (κ1) is 20.9. The van der Waals surface area contributed by atoms with Gasteiger partial charge in [-0.1, -0.05) is 39.3 Å². The third-order valence-corrected chi connectivity index (χ3v) is 9.12. The fourth-order valence-corrected chi connectivity index (χ4v) is 7.38. The molecule has 29 heavy (non-hydrogen) atoms. The van der Waals surface area contributed by atoms with Crippen molar-refractivity contribution in [1.82, 2.24) is 0 Å². The van der Waals surface area contributed by atoms with Crippen LogP contribution < -0.4 is 0 Å². The van der Waals surface area contributed by atoms with Gasteiger partial charge in [0.15, 0.2) is 0 Å². The van der Waals surface area contributed by atoms with Crippen LogP contribution in [-0.4, -0.2) is 24.1 Å². The Balaban J connectivity index is 1.51. The Hall–Kier alpha value is -1.32. The van der Waals surface area contributed by atoms with Crippen molar-refractivity contribution in [3.8, 4) is 0 Å². The summed E-state index contributed by atoms with van der Waals surface area (Å²) in [4.78, 5) is 23.7. The third kappa shape index (κ3) is 3.45. The lowest BCUT2D eigenvalue weighted by molar-refractivity contribution is -0.159. The molecule has 0 saturated heterocycles. The number of allylic oxidation sites excluding steroid dienone is 1. The van der Waals surface area contributed by atoms with Crippen LogP contribution in [0.1, 0.15) is 91.9 Å². The first-order valence-electron chi connectivity index (χ1n) is 11.9. The minimum Gasteiger partial charge on any atom is -0.462 e. The van der Waals surface area contributed by atoms with E-state index in [1.165, 1.54) is 18.4 Å². The number of hydrogen-bond acceptors (Lipinski definition) is 4. The van der Waals surface area contributed by atoms with Gasteiger partial charge in [-0.3, -0.25) is 9.59 Å². The van der Waals surface area contributed by atoms with E-state index in [0.717, 1.165) is 38.5 Å². The minimum atomic E-state index is -0.0695. The van der Waals surface area contributed by atoms with E-state index in [9.17, 15) is 9.59 Å². The Morgan fingerprint density at radius 1 is 0.966 bits per heavy atom. The molecule has 0 aromatic rings. The maximum atomic E-state index is 12.0. The number of ether oxygens (including phenoxy) is 2. The predicted octanol–water partition coefficient (Wildman–Crippen LogP) is 5.59. The zero-order valence-corrected chi connectivity index (χ0v) is 18.7. The molecule has 4 nitrogen and oxygen atoms in total. The van der Waals surface area contributed by atoms with Gasteiger partial charge in [-0.05, 0) is 68.1 Å². The largest absolute Gasteiger partial charge is 0.462 e. The van der Waals surface area contributed by atoms with E-state index in [2.05, 4.69) is 19.9 Å². The Labute approximate surface area is 175 Å². The first-order chi connectivity index (χ1) is 13.8. The van der Waals surface area contributed by atoms with Gasteiger partial charge in [-0.15, -0.1) is 0 Å². The summed E-state index contributed by atoms with van der Waals surface area (Å²) in [5.41, 5.74) is 1.92. The normalized spacial score (nSPS) is 43.4. The fraction of sp³-hybridized carbons (Fsp3) is 0.840. The highest BCUT2D eigenvalue weighted by Crippen LogP contribution is 2.65. The van der Waals surface area contributed by atoms with E-state index in [0.29, 0.717) is 30.6 Å². The van der Waals surface area contributed by atoms with Crippen molar-refractivity contribution in [3.05, 3.63) is 11.6 Å². The van der Waals surface area contributed by atoms with Crippen molar-refractivity contribution in [2.75, 3.05) is 0 Å². The average molecular weight is 403 g/mol. The fourth-order valence-electron chi connectivity index (χ4n) is 7.38. The molecule has 0 amide bonds. The summed E-state index contributed by atoms with van der Waals surface area (Å²) in [7, 11) is 0. The number of fused-ring (bicyclic) bond motifs is 5. The van der Waals surface area contributed by atoms with Crippen molar-refractivity contribution < 1.29 is 19.1 Å². The molecule has 0 spiro atoms. The molecule has 0 aromatic heterocycles. The topological polar surface area (TPSA) is 52.6 Å². The van der Waals surface area contributed by atoms with Crippen LogP contribution in [0.3, 0.4) is 0 Å². The average Bonchev–Trinajstić information content (AvgIpc) is 3.04. The quantitative estimate of drug-likeness (QED) is 0.454. The maximum Gasteiger partial charge on any atom is 0.305 e. The SMILES string of the molecule is CCC(=O)OC1CC[C@@]2(C)C(=CC[C@@H]3[C@@H]2CC[C@]2(C)C(OC(=O)CC)CC[C@@H]32)C1. The van der Waals surface area contributed by atoms with Crippen molar-refractivity contribution in [2.24, 2.45) is 28.6 Å². The number of carbonyl (C=O) groups is 2.